The van der Waals surface area contributed by atoms with E-state index >= 15 is 0 Å². The molecular weight excluding hydrogens is 246 g/mol. The van der Waals surface area contributed by atoms with Crippen molar-refractivity contribution in [2.75, 3.05) is 14.2 Å². The Bertz CT molecular complexity index is 449. The fourth-order valence-electron chi connectivity index (χ4n) is 1.77. The normalized spacial score (nSPS) is 14.8. The van der Waals surface area contributed by atoms with Crippen LogP contribution in [0.15, 0.2) is 23.4 Å². The lowest BCUT2D eigenvalue weighted by molar-refractivity contribution is 0.314. The predicted octanol–water partition coefficient (Wildman–Crippen LogP) is 1.49. The van der Waals surface area contributed by atoms with Gasteiger partial charge >= 0.3 is 0 Å². The highest BCUT2D eigenvalue weighted by molar-refractivity contribution is 5.84. The molecule has 0 spiro atoms. The lowest BCUT2D eigenvalue weighted by atomic mass is 10.1. The Labute approximate surface area is 113 Å². The SMILES string of the molecule is COc1ccc(C(C)NC(C)C(N)=NO)cc1OC. The Morgan fingerprint density at radius 2 is 1.89 bits per heavy atom. The standard InChI is InChI=1S/C13H21N3O3/c1-8(15-9(2)13(14)16-17)10-5-6-11(18-3)12(7-10)19-4/h5-9,15,17H,1-4H3,(H2,14,16). The van der Waals surface area contributed by atoms with Crippen LogP contribution >= 0.6 is 0 Å². The van der Waals surface area contributed by atoms with E-state index in [2.05, 4.69) is 10.5 Å². The maximum Gasteiger partial charge on any atom is 0.161 e. The number of oxime groups is 1. The van der Waals surface area contributed by atoms with Gasteiger partial charge < -0.3 is 25.7 Å². The zero-order valence-electron chi connectivity index (χ0n) is 11.7. The van der Waals surface area contributed by atoms with Crippen molar-refractivity contribution in [3.8, 4) is 11.5 Å². The van der Waals surface area contributed by atoms with Crippen LogP contribution in [0.2, 0.25) is 0 Å². The van der Waals surface area contributed by atoms with E-state index in [1.54, 1.807) is 14.2 Å². The Morgan fingerprint density at radius 1 is 1.26 bits per heavy atom. The average Bonchev–Trinajstić information content (AvgIpc) is 2.45. The molecule has 1 aromatic carbocycles. The van der Waals surface area contributed by atoms with Crippen LogP contribution in [0.1, 0.15) is 25.5 Å². The molecule has 0 bridgehead atoms. The van der Waals surface area contributed by atoms with E-state index in [9.17, 15) is 0 Å². The minimum atomic E-state index is -0.229. The molecule has 0 fully saturated rings. The van der Waals surface area contributed by atoms with E-state index in [4.69, 9.17) is 20.4 Å². The van der Waals surface area contributed by atoms with E-state index in [1.165, 1.54) is 0 Å². The van der Waals surface area contributed by atoms with Gasteiger partial charge in [-0.3, -0.25) is 0 Å². The van der Waals surface area contributed by atoms with E-state index in [1.807, 2.05) is 32.0 Å². The van der Waals surface area contributed by atoms with Gasteiger partial charge in [0.25, 0.3) is 0 Å². The number of amidine groups is 1. The van der Waals surface area contributed by atoms with Gasteiger partial charge in [0.1, 0.15) is 0 Å². The molecule has 0 saturated heterocycles. The maximum absolute atomic E-state index is 8.63. The molecule has 0 heterocycles. The van der Waals surface area contributed by atoms with Gasteiger partial charge in [0.05, 0.1) is 20.3 Å². The molecule has 2 atom stereocenters. The minimum absolute atomic E-state index is 0.0232. The Morgan fingerprint density at radius 3 is 2.42 bits per heavy atom. The quantitative estimate of drug-likeness (QED) is 0.314. The Hall–Kier alpha value is -1.95. The Kier molecular flexibility index (Phi) is 5.44. The number of hydrogen-bond donors (Lipinski definition) is 3. The van der Waals surface area contributed by atoms with E-state index in [-0.39, 0.29) is 17.9 Å². The second kappa shape index (κ2) is 6.84. The van der Waals surface area contributed by atoms with Gasteiger partial charge in [-0.1, -0.05) is 11.2 Å². The fraction of sp³-hybridized carbons (Fsp3) is 0.462. The van der Waals surface area contributed by atoms with Crippen molar-refractivity contribution < 1.29 is 14.7 Å². The Balaban J connectivity index is 2.85. The molecule has 19 heavy (non-hydrogen) atoms. The monoisotopic (exact) mass is 267 g/mol. The molecule has 6 nitrogen and oxygen atoms in total. The van der Waals surface area contributed by atoms with Crippen LogP contribution in [0, 0.1) is 0 Å². The van der Waals surface area contributed by atoms with Gasteiger partial charge in [-0.05, 0) is 31.5 Å². The summed E-state index contributed by atoms with van der Waals surface area (Å²) in [6.07, 6.45) is 0. The number of hydrogen-bond acceptors (Lipinski definition) is 5. The molecule has 2 unspecified atom stereocenters. The molecule has 0 aliphatic rings. The van der Waals surface area contributed by atoms with Crippen molar-refractivity contribution in [1.29, 1.82) is 0 Å². The molecule has 0 aliphatic heterocycles. The number of nitrogens with zero attached hydrogens (tertiary/aromatic N) is 1. The topological polar surface area (TPSA) is 89.1 Å². The van der Waals surface area contributed by atoms with Crippen molar-refractivity contribution in [2.45, 2.75) is 25.9 Å². The van der Waals surface area contributed by atoms with Gasteiger partial charge in [-0.25, -0.2) is 0 Å². The summed E-state index contributed by atoms with van der Waals surface area (Å²) in [5, 5.41) is 14.8. The highest BCUT2D eigenvalue weighted by Gasteiger charge is 2.14. The smallest absolute Gasteiger partial charge is 0.161 e. The number of nitrogens with two attached hydrogens (primary N) is 1. The van der Waals surface area contributed by atoms with Crippen LogP contribution in [0.5, 0.6) is 11.5 Å². The van der Waals surface area contributed by atoms with Gasteiger partial charge in [0, 0.05) is 6.04 Å². The first kappa shape index (κ1) is 15.1. The number of nitrogens with one attached hydrogen (secondary N) is 1. The molecule has 0 saturated carbocycles. The molecule has 4 N–H and O–H groups in total. The van der Waals surface area contributed by atoms with Crippen LogP contribution in [0.25, 0.3) is 0 Å². The van der Waals surface area contributed by atoms with Gasteiger partial charge in [-0.2, -0.15) is 0 Å². The zero-order chi connectivity index (χ0) is 14.4. The number of benzene rings is 1. The van der Waals surface area contributed by atoms with Crippen LogP contribution in [-0.4, -0.2) is 31.3 Å². The maximum atomic E-state index is 8.63. The highest BCUT2D eigenvalue weighted by Crippen LogP contribution is 2.29. The second-order valence-electron chi connectivity index (χ2n) is 4.25. The summed E-state index contributed by atoms with van der Waals surface area (Å²) >= 11 is 0. The number of rotatable bonds is 6. The summed E-state index contributed by atoms with van der Waals surface area (Å²) in [7, 11) is 3.19. The summed E-state index contributed by atoms with van der Waals surface area (Å²) in [5.41, 5.74) is 6.56. The van der Waals surface area contributed by atoms with Crippen LogP contribution in [0.4, 0.5) is 0 Å². The summed E-state index contributed by atoms with van der Waals surface area (Å²) in [5.74, 6) is 1.50. The van der Waals surface area contributed by atoms with Crippen LogP contribution < -0.4 is 20.5 Å². The molecule has 0 radical (unpaired) electrons. The summed E-state index contributed by atoms with van der Waals surface area (Å²) in [4.78, 5) is 0. The highest BCUT2D eigenvalue weighted by atomic mass is 16.5. The fourth-order valence-corrected chi connectivity index (χ4v) is 1.77. The summed E-state index contributed by atoms with van der Waals surface area (Å²) in [6.45, 7) is 3.81. The van der Waals surface area contributed by atoms with Crippen LogP contribution in [-0.2, 0) is 0 Å². The van der Waals surface area contributed by atoms with E-state index < -0.39 is 0 Å². The molecule has 6 heteroatoms. The zero-order valence-corrected chi connectivity index (χ0v) is 11.7. The molecule has 106 valence electrons. The van der Waals surface area contributed by atoms with Gasteiger partial charge in [-0.15, -0.1) is 0 Å². The average molecular weight is 267 g/mol. The number of ether oxygens (including phenoxy) is 2. The third-order valence-electron chi connectivity index (χ3n) is 2.97. The summed E-state index contributed by atoms with van der Waals surface area (Å²) in [6, 6.07) is 5.48. The molecule has 1 rings (SSSR count). The van der Waals surface area contributed by atoms with Gasteiger partial charge in [0.15, 0.2) is 17.3 Å². The molecular formula is C13H21N3O3. The van der Waals surface area contributed by atoms with E-state index in [0.29, 0.717) is 11.5 Å². The van der Waals surface area contributed by atoms with Crippen molar-refractivity contribution in [2.24, 2.45) is 10.9 Å². The third-order valence-corrected chi connectivity index (χ3v) is 2.97. The van der Waals surface area contributed by atoms with Crippen molar-refractivity contribution in [3.63, 3.8) is 0 Å². The molecule has 0 amide bonds. The van der Waals surface area contributed by atoms with Crippen LogP contribution in [0.3, 0.4) is 0 Å². The largest absolute Gasteiger partial charge is 0.493 e. The first-order valence-corrected chi connectivity index (χ1v) is 5.98. The van der Waals surface area contributed by atoms with Gasteiger partial charge in [0.2, 0.25) is 0 Å². The van der Waals surface area contributed by atoms with Crippen molar-refractivity contribution in [1.82, 2.24) is 5.32 Å². The molecule has 0 aliphatic carbocycles. The second-order valence-corrected chi connectivity index (χ2v) is 4.25. The van der Waals surface area contributed by atoms with E-state index in [0.717, 1.165) is 5.56 Å². The first-order valence-electron chi connectivity index (χ1n) is 5.98. The number of methoxy groups -OCH3 is 2. The molecule has 0 aromatic heterocycles. The predicted molar refractivity (Wildman–Crippen MR) is 74.0 cm³/mol. The lowest BCUT2D eigenvalue weighted by Gasteiger charge is -2.20. The van der Waals surface area contributed by atoms with Crippen molar-refractivity contribution in [3.05, 3.63) is 23.8 Å². The lowest BCUT2D eigenvalue weighted by Crippen LogP contribution is -2.40. The van der Waals surface area contributed by atoms with Crippen molar-refractivity contribution >= 4 is 5.84 Å². The first-order chi connectivity index (χ1) is 9.03. The minimum Gasteiger partial charge on any atom is -0.493 e. The third kappa shape index (κ3) is 3.75. The molecule has 1 aromatic rings. The summed E-state index contributed by atoms with van der Waals surface area (Å²) < 4.78 is 10.4.